The Morgan fingerprint density at radius 2 is 1.83 bits per heavy atom. The number of carbonyl (C=O) groups excluding carboxylic acids is 1. The van der Waals surface area contributed by atoms with Gasteiger partial charge in [-0.25, -0.2) is 8.42 Å². The van der Waals surface area contributed by atoms with Gasteiger partial charge in [0.05, 0.1) is 10.1 Å². The highest BCUT2D eigenvalue weighted by Gasteiger charge is 2.33. The van der Waals surface area contributed by atoms with Gasteiger partial charge in [-0.1, -0.05) is 18.2 Å². The van der Waals surface area contributed by atoms with Crippen molar-refractivity contribution >= 4 is 27.1 Å². The Hall–Kier alpha value is -2.45. The van der Waals surface area contributed by atoms with E-state index < -0.39 is 15.1 Å². The zero-order valence-electron chi connectivity index (χ0n) is 16.4. The largest absolute Gasteiger partial charge is 0.337 e. The highest BCUT2D eigenvalue weighted by molar-refractivity contribution is 7.92. The Balaban J connectivity index is 1.44. The molecule has 0 bridgehead atoms. The van der Waals surface area contributed by atoms with Crippen LogP contribution in [0.2, 0.25) is 0 Å². The third-order valence-corrected chi connectivity index (χ3v) is 8.69. The molecule has 0 spiro atoms. The summed E-state index contributed by atoms with van der Waals surface area (Å²) in [7, 11) is -1.62. The maximum atomic E-state index is 13.1. The third-order valence-electron chi connectivity index (χ3n) is 5.49. The molecule has 2 aromatic heterocycles. The van der Waals surface area contributed by atoms with Gasteiger partial charge in [-0.05, 0) is 55.0 Å². The second kappa shape index (κ2) is 7.76. The molecule has 1 saturated heterocycles. The number of carbonyl (C=O) groups is 1. The van der Waals surface area contributed by atoms with Crippen molar-refractivity contribution in [2.45, 2.75) is 29.9 Å². The average Bonchev–Trinajstić information content (AvgIpc) is 3.38. The van der Waals surface area contributed by atoms with E-state index in [2.05, 4.69) is 5.10 Å². The minimum atomic E-state index is -3.42. The number of nitrogens with zero attached hydrogens (tertiary/aromatic N) is 3. The fourth-order valence-corrected chi connectivity index (χ4v) is 6.11. The minimum absolute atomic E-state index is 0.134. The van der Waals surface area contributed by atoms with Crippen LogP contribution >= 0.6 is 11.3 Å². The molecule has 0 atom stereocenters. The molecule has 0 aliphatic carbocycles. The Morgan fingerprint density at radius 3 is 2.38 bits per heavy atom. The lowest BCUT2D eigenvalue weighted by Crippen LogP contribution is -2.42. The number of thiophene rings is 1. The Labute approximate surface area is 174 Å². The van der Waals surface area contributed by atoms with E-state index in [-0.39, 0.29) is 5.91 Å². The van der Waals surface area contributed by atoms with Crippen LogP contribution in [0.5, 0.6) is 0 Å². The lowest BCUT2D eigenvalue weighted by Gasteiger charge is -2.31. The van der Waals surface area contributed by atoms with E-state index in [1.807, 2.05) is 36.6 Å². The molecule has 1 aliphatic heterocycles. The monoisotopic (exact) mass is 429 g/mol. The van der Waals surface area contributed by atoms with Crippen LogP contribution in [0.15, 0.2) is 52.7 Å². The molecule has 0 radical (unpaired) electrons. The molecule has 3 heterocycles. The van der Waals surface area contributed by atoms with Crippen LogP contribution in [-0.2, 0) is 16.9 Å². The Bertz CT molecular complexity index is 1090. The fraction of sp³-hybridized carbons (Fsp3) is 0.333. The van der Waals surface area contributed by atoms with Crippen LogP contribution < -0.4 is 0 Å². The van der Waals surface area contributed by atoms with Crippen LogP contribution in [0, 0.1) is 6.92 Å². The summed E-state index contributed by atoms with van der Waals surface area (Å²) in [6.45, 7) is 2.74. The molecule has 152 valence electrons. The lowest BCUT2D eigenvalue weighted by atomic mass is 10.1. The first-order valence-corrected chi connectivity index (χ1v) is 12.0. The van der Waals surface area contributed by atoms with E-state index in [1.165, 1.54) is 0 Å². The number of amides is 1. The summed E-state index contributed by atoms with van der Waals surface area (Å²) < 4.78 is 27.8. The van der Waals surface area contributed by atoms with Crippen molar-refractivity contribution in [2.24, 2.45) is 7.05 Å². The van der Waals surface area contributed by atoms with Crippen molar-refractivity contribution < 1.29 is 13.2 Å². The van der Waals surface area contributed by atoms with Crippen LogP contribution in [-0.4, -0.2) is 47.3 Å². The summed E-state index contributed by atoms with van der Waals surface area (Å²) in [6, 6.07) is 12.9. The van der Waals surface area contributed by atoms with Crippen LogP contribution in [0.1, 0.15) is 29.0 Å². The molecule has 1 amide bonds. The average molecular weight is 430 g/mol. The Kier molecular flexibility index (Phi) is 5.31. The number of hydrogen-bond donors (Lipinski definition) is 0. The molecule has 3 aromatic rings. The Morgan fingerprint density at radius 1 is 1.14 bits per heavy atom. The summed E-state index contributed by atoms with van der Waals surface area (Å²) in [4.78, 5) is 15.8. The van der Waals surface area contributed by atoms with E-state index in [4.69, 9.17) is 0 Å². The second-order valence-corrected chi connectivity index (χ2v) is 10.5. The van der Waals surface area contributed by atoms with E-state index in [9.17, 15) is 13.2 Å². The molecule has 29 heavy (non-hydrogen) atoms. The van der Waals surface area contributed by atoms with Crippen molar-refractivity contribution in [1.82, 2.24) is 14.7 Å². The first-order valence-electron chi connectivity index (χ1n) is 9.54. The van der Waals surface area contributed by atoms with Crippen molar-refractivity contribution in [2.75, 3.05) is 13.1 Å². The normalized spacial score (nSPS) is 15.6. The van der Waals surface area contributed by atoms with Crippen molar-refractivity contribution in [3.63, 3.8) is 0 Å². The van der Waals surface area contributed by atoms with Gasteiger partial charge < -0.3 is 4.90 Å². The molecule has 0 unspecified atom stereocenters. The van der Waals surface area contributed by atoms with Gasteiger partial charge in [0.25, 0.3) is 5.91 Å². The zero-order valence-corrected chi connectivity index (χ0v) is 18.0. The summed E-state index contributed by atoms with van der Waals surface area (Å²) in [5.41, 5.74) is 2.34. The number of sulfone groups is 1. The van der Waals surface area contributed by atoms with Crippen LogP contribution in [0.25, 0.3) is 10.4 Å². The summed E-state index contributed by atoms with van der Waals surface area (Å²) in [5, 5.41) is 5.77. The molecule has 1 fully saturated rings. The zero-order chi connectivity index (χ0) is 20.6. The second-order valence-electron chi connectivity index (χ2n) is 7.33. The number of aryl methyl sites for hydroxylation is 2. The van der Waals surface area contributed by atoms with E-state index in [1.54, 1.807) is 46.2 Å². The van der Waals surface area contributed by atoms with Gasteiger partial charge in [-0.15, -0.1) is 11.3 Å². The summed E-state index contributed by atoms with van der Waals surface area (Å²) in [6.07, 6.45) is 0.874. The van der Waals surface area contributed by atoms with Crippen molar-refractivity contribution in [3.05, 3.63) is 59.2 Å². The lowest BCUT2D eigenvalue weighted by molar-refractivity contribution is 0.0719. The van der Waals surface area contributed by atoms with Crippen molar-refractivity contribution in [3.8, 4) is 10.4 Å². The summed E-state index contributed by atoms with van der Waals surface area (Å²) >= 11 is 1.63. The van der Waals surface area contributed by atoms with Crippen LogP contribution in [0.4, 0.5) is 0 Å². The number of rotatable bonds is 4. The van der Waals surface area contributed by atoms with Gasteiger partial charge in [0.2, 0.25) is 0 Å². The molecule has 0 N–H and O–H groups in total. The van der Waals surface area contributed by atoms with E-state index in [0.717, 1.165) is 16.1 Å². The molecule has 1 aliphatic rings. The van der Waals surface area contributed by atoms with E-state index in [0.29, 0.717) is 36.5 Å². The fourth-order valence-electron chi connectivity index (χ4n) is 3.64. The molecular weight excluding hydrogens is 406 g/mol. The molecule has 8 heteroatoms. The first kappa shape index (κ1) is 19.8. The van der Waals surface area contributed by atoms with Gasteiger partial charge >= 0.3 is 0 Å². The molecular formula is C21H23N3O3S2. The molecule has 6 nitrogen and oxygen atoms in total. The van der Waals surface area contributed by atoms with Gasteiger partial charge in [0.15, 0.2) is 15.5 Å². The molecule has 0 saturated carbocycles. The standard InChI is InChI=1S/C21H23N3O3S2/c1-15-14-19(22-23(15)2)21(25)24-11-9-18(10-12-24)29(26,27)17-7-5-16(6-8-17)20-4-3-13-28-20/h3-8,13-14,18H,9-12H2,1-2H3. The summed E-state index contributed by atoms with van der Waals surface area (Å²) in [5.74, 6) is -0.134. The minimum Gasteiger partial charge on any atom is -0.337 e. The van der Waals surface area contributed by atoms with E-state index >= 15 is 0 Å². The number of aromatic nitrogens is 2. The van der Waals surface area contributed by atoms with Crippen LogP contribution in [0.3, 0.4) is 0 Å². The number of likely N-dealkylation sites (tertiary alicyclic amines) is 1. The predicted octanol–water partition coefficient (Wildman–Crippen LogP) is 3.54. The number of hydrogen-bond acceptors (Lipinski definition) is 5. The van der Waals surface area contributed by atoms with Gasteiger partial charge in [0.1, 0.15) is 0 Å². The maximum absolute atomic E-state index is 13.1. The smallest absolute Gasteiger partial charge is 0.274 e. The first-order chi connectivity index (χ1) is 13.9. The highest BCUT2D eigenvalue weighted by Crippen LogP contribution is 2.29. The van der Waals surface area contributed by atoms with Gasteiger partial charge in [-0.3, -0.25) is 9.48 Å². The quantitative estimate of drug-likeness (QED) is 0.636. The third kappa shape index (κ3) is 3.86. The van der Waals surface area contributed by atoms with Gasteiger partial charge in [-0.2, -0.15) is 5.10 Å². The molecule has 1 aromatic carbocycles. The predicted molar refractivity (Wildman–Crippen MR) is 114 cm³/mol. The number of piperidine rings is 1. The SMILES string of the molecule is Cc1cc(C(=O)N2CCC(S(=O)(=O)c3ccc(-c4cccs4)cc3)CC2)nn1C. The maximum Gasteiger partial charge on any atom is 0.274 e. The molecule has 4 rings (SSSR count). The number of benzene rings is 1. The highest BCUT2D eigenvalue weighted by atomic mass is 32.2. The van der Waals surface area contributed by atoms with Gasteiger partial charge in [0, 0.05) is 30.7 Å². The van der Waals surface area contributed by atoms with Crippen molar-refractivity contribution in [1.29, 1.82) is 0 Å². The topological polar surface area (TPSA) is 72.3 Å².